The first-order valence-corrected chi connectivity index (χ1v) is 6.46. The van der Waals surface area contributed by atoms with Crippen molar-refractivity contribution in [2.45, 2.75) is 59.6 Å². The topological polar surface area (TPSA) is 50.4 Å². The molecule has 4 heteroatoms. The summed E-state index contributed by atoms with van der Waals surface area (Å²) in [4.78, 5) is 11.3. The van der Waals surface area contributed by atoms with E-state index in [0.29, 0.717) is 18.5 Å². The van der Waals surface area contributed by atoms with Crippen LogP contribution in [0.4, 0.5) is 4.79 Å². The average molecular weight is 244 g/mol. The van der Waals surface area contributed by atoms with Crippen LogP contribution in [-0.4, -0.2) is 30.8 Å². The SMILES string of the molecule is CCC(NCCNC(=O)OC(C)(C)C)C(C)C. The van der Waals surface area contributed by atoms with Gasteiger partial charge in [-0.1, -0.05) is 20.8 Å². The van der Waals surface area contributed by atoms with Crippen molar-refractivity contribution in [2.24, 2.45) is 5.92 Å². The van der Waals surface area contributed by atoms with Gasteiger partial charge in [-0.3, -0.25) is 0 Å². The van der Waals surface area contributed by atoms with E-state index in [1.54, 1.807) is 0 Å². The first-order valence-electron chi connectivity index (χ1n) is 6.46. The van der Waals surface area contributed by atoms with Gasteiger partial charge in [-0.05, 0) is 33.1 Å². The number of ether oxygens (including phenoxy) is 1. The number of carbonyl (C=O) groups excluding carboxylic acids is 1. The maximum absolute atomic E-state index is 11.3. The standard InChI is InChI=1S/C13H28N2O2/c1-7-11(10(2)3)14-8-9-15-12(16)17-13(4,5)6/h10-11,14H,7-9H2,1-6H3,(H,15,16). The minimum absolute atomic E-state index is 0.350. The lowest BCUT2D eigenvalue weighted by Crippen LogP contribution is -2.40. The van der Waals surface area contributed by atoms with Gasteiger partial charge in [0.1, 0.15) is 5.60 Å². The number of rotatable bonds is 6. The van der Waals surface area contributed by atoms with Gasteiger partial charge in [0.25, 0.3) is 0 Å². The van der Waals surface area contributed by atoms with Crippen molar-refractivity contribution in [2.75, 3.05) is 13.1 Å². The fourth-order valence-corrected chi connectivity index (χ4v) is 1.59. The highest BCUT2D eigenvalue weighted by molar-refractivity contribution is 5.67. The maximum atomic E-state index is 11.3. The Bertz CT molecular complexity index is 222. The molecule has 0 radical (unpaired) electrons. The number of hydrogen-bond acceptors (Lipinski definition) is 3. The monoisotopic (exact) mass is 244 g/mol. The van der Waals surface area contributed by atoms with Gasteiger partial charge < -0.3 is 15.4 Å². The molecule has 1 amide bonds. The van der Waals surface area contributed by atoms with Gasteiger partial charge in [0, 0.05) is 19.1 Å². The summed E-state index contributed by atoms with van der Waals surface area (Å²) in [5, 5.41) is 6.15. The van der Waals surface area contributed by atoms with E-state index in [1.165, 1.54) is 0 Å². The number of carbonyl (C=O) groups is 1. The Morgan fingerprint density at radius 1 is 1.24 bits per heavy atom. The second-order valence-corrected chi connectivity index (χ2v) is 5.64. The highest BCUT2D eigenvalue weighted by Gasteiger charge is 2.15. The lowest BCUT2D eigenvalue weighted by atomic mass is 10.0. The fourth-order valence-electron chi connectivity index (χ4n) is 1.59. The fraction of sp³-hybridized carbons (Fsp3) is 0.923. The van der Waals surface area contributed by atoms with Gasteiger partial charge in [0.05, 0.1) is 0 Å². The van der Waals surface area contributed by atoms with E-state index in [-0.39, 0.29) is 6.09 Å². The number of amides is 1. The van der Waals surface area contributed by atoms with Gasteiger partial charge in [-0.25, -0.2) is 4.79 Å². The first-order chi connectivity index (χ1) is 7.76. The summed E-state index contributed by atoms with van der Waals surface area (Å²) in [7, 11) is 0. The molecule has 0 aliphatic rings. The molecule has 0 aliphatic carbocycles. The Kier molecular flexibility index (Phi) is 7.19. The summed E-state index contributed by atoms with van der Waals surface area (Å²) >= 11 is 0. The molecule has 1 unspecified atom stereocenters. The largest absolute Gasteiger partial charge is 0.444 e. The van der Waals surface area contributed by atoms with Crippen LogP contribution in [0, 0.1) is 5.92 Å². The third-order valence-electron chi connectivity index (χ3n) is 2.44. The quantitative estimate of drug-likeness (QED) is 0.706. The lowest BCUT2D eigenvalue weighted by molar-refractivity contribution is 0.0527. The number of alkyl carbamates (subject to hydrolysis) is 1. The molecule has 17 heavy (non-hydrogen) atoms. The highest BCUT2D eigenvalue weighted by Crippen LogP contribution is 2.06. The van der Waals surface area contributed by atoms with Gasteiger partial charge in [0.2, 0.25) is 0 Å². The third kappa shape index (κ3) is 8.98. The van der Waals surface area contributed by atoms with Crippen molar-refractivity contribution >= 4 is 6.09 Å². The molecule has 0 spiro atoms. The van der Waals surface area contributed by atoms with E-state index in [4.69, 9.17) is 4.74 Å². The molecule has 0 aromatic carbocycles. The molecule has 102 valence electrons. The summed E-state index contributed by atoms with van der Waals surface area (Å²) in [5.74, 6) is 0.613. The summed E-state index contributed by atoms with van der Waals surface area (Å²) < 4.78 is 5.14. The van der Waals surface area contributed by atoms with Crippen LogP contribution >= 0.6 is 0 Å². The zero-order valence-electron chi connectivity index (χ0n) is 12.1. The van der Waals surface area contributed by atoms with Crippen molar-refractivity contribution < 1.29 is 9.53 Å². The second-order valence-electron chi connectivity index (χ2n) is 5.64. The minimum Gasteiger partial charge on any atom is -0.444 e. The van der Waals surface area contributed by atoms with Crippen LogP contribution in [0.15, 0.2) is 0 Å². The zero-order valence-corrected chi connectivity index (χ0v) is 12.1. The number of nitrogens with one attached hydrogen (secondary N) is 2. The lowest BCUT2D eigenvalue weighted by Gasteiger charge is -2.22. The predicted molar refractivity (Wildman–Crippen MR) is 71.2 cm³/mol. The van der Waals surface area contributed by atoms with E-state index in [1.807, 2.05) is 20.8 Å². The van der Waals surface area contributed by atoms with Gasteiger partial charge in [0.15, 0.2) is 0 Å². The van der Waals surface area contributed by atoms with Crippen molar-refractivity contribution in [1.82, 2.24) is 10.6 Å². The molecule has 2 N–H and O–H groups in total. The molecule has 4 nitrogen and oxygen atoms in total. The predicted octanol–water partition coefficient (Wildman–Crippen LogP) is 2.54. The van der Waals surface area contributed by atoms with Crippen molar-refractivity contribution in [3.05, 3.63) is 0 Å². The van der Waals surface area contributed by atoms with Crippen LogP contribution in [0.25, 0.3) is 0 Å². The van der Waals surface area contributed by atoms with Gasteiger partial charge >= 0.3 is 6.09 Å². The molecule has 0 heterocycles. The van der Waals surface area contributed by atoms with E-state index in [9.17, 15) is 4.79 Å². The molecular formula is C13H28N2O2. The molecule has 0 rings (SSSR count). The van der Waals surface area contributed by atoms with E-state index in [0.717, 1.165) is 13.0 Å². The molecule has 0 bridgehead atoms. The van der Waals surface area contributed by atoms with Crippen molar-refractivity contribution in [3.63, 3.8) is 0 Å². The van der Waals surface area contributed by atoms with Crippen molar-refractivity contribution in [1.29, 1.82) is 0 Å². The Morgan fingerprint density at radius 3 is 2.24 bits per heavy atom. The Hall–Kier alpha value is -0.770. The van der Waals surface area contributed by atoms with Gasteiger partial charge in [-0.15, -0.1) is 0 Å². The van der Waals surface area contributed by atoms with Crippen LogP contribution in [0.1, 0.15) is 48.0 Å². The first kappa shape index (κ1) is 16.2. The van der Waals surface area contributed by atoms with E-state index in [2.05, 4.69) is 31.4 Å². The summed E-state index contributed by atoms with van der Waals surface area (Å²) in [6.45, 7) is 13.5. The zero-order chi connectivity index (χ0) is 13.5. The van der Waals surface area contributed by atoms with Crippen LogP contribution < -0.4 is 10.6 Å². The molecule has 0 saturated heterocycles. The molecule has 1 atom stereocenters. The molecular weight excluding hydrogens is 216 g/mol. The molecule has 0 saturated carbocycles. The maximum Gasteiger partial charge on any atom is 0.407 e. The highest BCUT2D eigenvalue weighted by atomic mass is 16.6. The average Bonchev–Trinajstić information content (AvgIpc) is 2.14. The van der Waals surface area contributed by atoms with Crippen molar-refractivity contribution in [3.8, 4) is 0 Å². The molecule has 0 aliphatic heterocycles. The van der Waals surface area contributed by atoms with Crippen LogP contribution in [-0.2, 0) is 4.74 Å². The summed E-state index contributed by atoms with van der Waals surface area (Å²) in [5.41, 5.74) is -0.429. The molecule has 0 aromatic rings. The smallest absolute Gasteiger partial charge is 0.407 e. The van der Waals surface area contributed by atoms with Crippen LogP contribution in [0.5, 0.6) is 0 Å². The Balaban J connectivity index is 3.67. The number of hydrogen-bond donors (Lipinski definition) is 2. The molecule has 0 fully saturated rings. The van der Waals surface area contributed by atoms with Crippen LogP contribution in [0.3, 0.4) is 0 Å². The molecule has 0 aromatic heterocycles. The van der Waals surface area contributed by atoms with Gasteiger partial charge in [-0.2, -0.15) is 0 Å². The third-order valence-corrected chi connectivity index (χ3v) is 2.44. The Labute approximate surface area is 105 Å². The summed E-state index contributed by atoms with van der Waals surface area (Å²) in [6.07, 6.45) is 0.751. The minimum atomic E-state index is -0.429. The second kappa shape index (κ2) is 7.54. The summed E-state index contributed by atoms with van der Waals surface area (Å²) in [6, 6.07) is 0.510. The van der Waals surface area contributed by atoms with E-state index < -0.39 is 5.60 Å². The van der Waals surface area contributed by atoms with Crippen LogP contribution in [0.2, 0.25) is 0 Å². The normalized spacial score (nSPS) is 13.6. The Morgan fingerprint density at radius 2 is 1.82 bits per heavy atom. The van der Waals surface area contributed by atoms with E-state index >= 15 is 0 Å².